The number of rotatable bonds is 10. The summed E-state index contributed by atoms with van der Waals surface area (Å²) in [4.78, 5) is 34.2. The van der Waals surface area contributed by atoms with E-state index in [9.17, 15) is 14.4 Å². The predicted molar refractivity (Wildman–Crippen MR) is 99.3 cm³/mol. The van der Waals surface area contributed by atoms with Crippen molar-refractivity contribution in [2.24, 2.45) is 11.3 Å². The number of nitrogens with one attached hydrogen (secondary N) is 2. The van der Waals surface area contributed by atoms with Crippen LogP contribution in [0.5, 0.6) is 0 Å². The molecule has 2 amide bonds. The number of carbonyl (C=O) groups excluding carboxylic acids is 2. The maximum Gasteiger partial charge on any atom is 0.311 e. The number of ether oxygens (including phenoxy) is 1. The number of aliphatic carboxylic acids is 1. The first kappa shape index (κ1) is 23.9. The summed E-state index contributed by atoms with van der Waals surface area (Å²) >= 11 is 0. The Morgan fingerprint density at radius 3 is 1.96 bits per heavy atom. The number of hydrogen-bond acceptors (Lipinski definition) is 4. The van der Waals surface area contributed by atoms with Gasteiger partial charge >= 0.3 is 5.97 Å². The Morgan fingerprint density at radius 2 is 1.50 bits per heavy atom. The third-order valence-electron chi connectivity index (χ3n) is 3.71. The fourth-order valence-corrected chi connectivity index (χ4v) is 1.66. The molecular formula is C19H32N2O5. The minimum absolute atomic E-state index is 0.0691. The van der Waals surface area contributed by atoms with E-state index in [-0.39, 0.29) is 6.61 Å². The second kappa shape index (κ2) is 10.8. The monoisotopic (exact) mass is 368 g/mol. The Morgan fingerprint density at radius 1 is 1.00 bits per heavy atom. The number of carboxylic acid groups (broad SMARTS) is 1. The highest BCUT2D eigenvalue weighted by molar-refractivity contribution is 6.02. The highest BCUT2D eigenvalue weighted by Crippen LogP contribution is 2.21. The minimum Gasteiger partial charge on any atom is -0.481 e. The van der Waals surface area contributed by atoms with E-state index >= 15 is 0 Å². The number of carbonyl (C=O) groups is 3. The van der Waals surface area contributed by atoms with E-state index in [2.05, 4.69) is 36.3 Å². The highest BCUT2D eigenvalue weighted by Gasteiger charge is 2.30. The van der Waals surface area contributed by atoms with Crippen molar-refractivity contribution in [1.82, 2.24) is 10.6 Å². The summed E-state index contributed by atoms with van der Waals surface area (Å²) in [6.07, 6.45) is 1.34. The summed E-state index contributed by atoms with van der Waals surface area (Å²) in [7, 11) is 0. The van der Waals surface area contributed by atoms with E-state index in [0.717, 1.165) is 6.42 Å². The summed E-state index contributed by atoms with van der Waals surface area (Å²) in [5, 5.41) is 14.3. The topological polar surface area (TPSA) is 105 Å². The van der Waals surface area contributed by atoms with Gasteiger partial charge in [-0.1, -0.05) is 13.8 Å². The van der Waals surface area contributed by atoms with Gasteiger partial charge in [0, 0.05) is 24.9 Å². The molecule has 0 aliphatic carbocycles. The molecule has 148 valence electrons. The molecule has 0 aliphatic heterocycles. The lowest BCUT2D eigenvalue weighted by atomic mass is 9.94. The van der Waals surface area contributed by atoms with Crippen molar-refractivity contribution in [2.45, 2.75) is 60.0 Å². The maximum atomic E-state index is 11.6. The zero-order chi connectivity index (χ0) is 20.4. The Bertz CT molecular complexity index is 556. The average molecular weight is 368 g/mol. The van der Waals surface area contributed by atoms with Gasteiger partial charge in [-0.05, 0) is 46.5 Å². The first-order valence-electron chi connectivity index (χ1n) is 8.81. The van der Waals surface area contributed by atoms with Crippen molar-refractivity contribution in [1.29, 1.82) is 0 Å². The molecule has 0 heterocycles. The van der Waals surface area contributed by atoms with Gasteiger partial charge in [-0.15, -0.1) is 0 Å². The van der Waals surface area contributed by atoms with Crippen LogP contribution in [0.3, 0.4) is 0 Å². The molecule has 0 radical (unpaired) electrons. The third kappa shape index (κ3) is 11.5. The molecule has 0 aliphatic rings. The lowest BCUT2D eigenvalue weighted by Gasteiger charge is -2.29. The van der Waals surface area contributed by atoms with Crippen LogP contribution in [0.4, 0.5) is 0 Å². The summed E-state index contributed by atoms with van der Waals surface area (Å²) in [6, 6.07) is 0. The number of hydrogen-bond donors (Lipinski definition) is 3. The van der Waals surface area contributed by atoms with Gasteiger partial charge < -0.3 is 20.5 Å². The lowest BCUT2D eigenvalue weighted by Crippen LogP contribution is -2.37. The van der Waals surface area contributed by atoms with Crippen LogP contribution < -0.4 is 10.6 Å². The van der Waals surface area contributed by atoms with Gasteiger partial charge in [0.15, 0.2) is 0 Å². The summed E-state index contributed by atoms with van der Waals surface area (Å²) in [5.74, 6) is 3.05. The molecule has 0 aromatic carbocycles. The largest absolute Gasteiger partial charge is 0.481 e. The standard InChI is InChI=1S/C19H32N2O5/c1-14(2)9-11-20-15(22)7-8-16(23)21-12-10-19(5,6)26-13-18(3,4)17(24)25/h14H,9-13H2,1-6H3,(H,20,22)(H,21,23)(H,24,25). The molecule has 7 heteroatoms. The Balaban J connectivity index is 4.19. The van der Waals surface area contributed by atoms with Crippen LogP contribution in [0.15, 0.2) is 0 Å². The molecule has 3 N–H and O–H groups in total. The molecule has 26 heavy (non-hydrogen) atoms. The fourth-order valence-electron chi connectivity index (χ4n) is 1.66. The summed E-state index contributed by atoms with van der Waals surface area (Å²) in [6.45, 7) is 11.9. The molecule has 7 nitrogen and oxygen atoms in total. The Hall–Kier alpha value is -2.07. The normalized spacial score (nSPS) is 11.5. The molecule has 0 bridgehead atoms. The van der Waals surface area contributed by atoms with Gasteiger partial charge in [0.25, 0.3) is 11.8 Å². The first-order valence-corrected chi connectivity index (χ1v) is 8.81. The van der Waals surface area contributed by atoms with E-state index in [4.69, 9.17) is 9.84 Å². The third-order valence-corrected chi connectivity index (χ3v) is 3.71. The number of amides is 2. The second-order valence-corrected chi connectivity index (χ2v) is 7.93. The molecule has 0 aromatic rings. The van der Waals surface area contributed by atoms with Crippen molar-refractivity contribution in [2.75, 3.05) is 19.7 Å². The van der Waals surface area contributed by atoms with Crippen molar-refractivity contribution in [3.63, 3.8) is 0 Å². The van der Waals surface area contributed by atoms with Crippen LogP contribution >= 0.6 is 0 Å². The van der Waals surface area contributed by atoms with Gasteiger partial charge in [-0.2, -0.15) is 0 Å². The zero-order valence-electron chi connectivity index (χ0n) is 16.7. The molecule has 0 atom stereocenters. The second-order valence-electron chi connectivity index (χ2n) is 7.93. The van der Waals surface area contributed by atoms with Gasteiger partial charge in [-0.25, -0.2) is 0 Å². The van der Waals surface area contributed by atoms with Gasteiger partial charge in [-0.3, -0.25) is 14.4 Å². The molecule has 0 unspecified atom stereocenters. The van der Waals surface area contributed by atoms with Crippen molar-refractivity contribution in [3.8, 4) is 11.8 Å². The lowest BCUT2D eigenvalue weighted by molar-refractivity contribution is -0.154. The highest BCUT2D eigenvalue weighted by atomic mass is 16.5. The molecular weight excluding hydrogens is 336 g/mol. The van der Waals surface area contributed by atoms with E-state index < -0.39 is 28.8 Å². The van der Waals surface area contributed by atoms with Crippen LogP contribution in [-0.4, -0.2) is 48.2 Å². The Labute approximate surface area is 156 Å². The fraction of sp³-hybridized carbons (Fsp3) is 0.737. The smallest absolute Gasteiger partial charge is 0.311 e. The van der Waals surface area contributed by atoms with E-state index in [1.165, 1.54) is 0 Å². The molecule has 0 spiro atoms. The van der Waals surface area contributed by atoms with Crippen LogP contribution in [0, 0.1) is 23.2 Å². The molecule has 0 fully saturated rings. The van der Waals surface area contributed by atoms with Crippen molar-refractivity contribution in [3.05, 3.63) is 0 Å². The first-order chi connectivity index (χ1) is 11.9. The average Bonchev–Trinajstić information content (AvgIpc) is 2.50. The van der Waals surface area contributed by atoms with Crippen molar-refractivity contribution >= 4 is 17.8 Å². The van der Waals surface area contributed by atoms with Gasteiger partial charge in [0.2, 0.25) is 0 Å². The van der Waals surface area contributed by atoms with Crippen molar-refractivity contribution < 1.29 is 24.2 Å². The van der Waals surface area contributed by atoms with E-state index in [1.54, 1.807) is 13.8 Å². The minimum atomic E-state index is -0.977. The molecule has 0 rings (SSSR count). The van der Waals surface area contributed by atoms with Gasteiger partial charge in [0.05, 0.1) is 17.6 Å². The summed E-state index contributed by atoms with van der Waals surface area (Å²) in [5.41, 5.74) is -1.57. The maximum absolute atomic E-state index is 11.6. The zero-order valence-corrected chi connectivity index (χ0v) is 16.7. The quantitative estimate of drug-likeness (QED) is 0.508. The molecule has 0 aromatic heterocycles. The molecule has 0 saturated carbocycles. The van der Waals surface area contributed by atoms with E-state index in [1.807, 2.05) is 13.8 Å². The number of carboxylic acids is 1. The van der Waals surface area contributed by atoms with Crippen LogP contribution in [0.25, 0.3) is 0 Å². The molecule has 0 saturated heterocycles. The van der Waals surface area contributed by atoms with Crippen LogP contribution in [0.1, 0.15) is 54.4 Å². The van der Waals surface area contributed by atoms with E-state index in [0.29, 0.717) is 25.4 Å². The SMILES string of the molecule is CC(C)CCNC(=O)C#CC(=O)NCCC(C)(C)OCC(C)(C)C(=O)O. The van der Waals surface area contributed by atoms with Crippen LogP contribution in [-0.2, 0) is 19.1 Å². The Kier molecular flexibility index (Phi) is 9.96. The van der Waals surface area contributed by atoms with Gasteiger partial charge in [0.1, 0.15) is 0 Å². The van der Waals surface area contributed by atoms with Crippen LogP contribution in [0.2, 0.25) is 0 Å². The predicted octanol–water partition coefficient (Wildman–Crippen LogP) is 1.56. The summed E-state index contributed by atoms with van der Waals surface area (Å²) < 4.78 is 5.67.